The highest BCUT2D eigenvalue weighted by atomic mass is 35.5. The maximum absolute atomic E-state index is 13.0. The van der Waals surface area contributed by atoms with Gasteiger partial charge in [-0.3, -0.25) is 4.90 Å². The zero-order chi connectivity index (χ0) is 22.0. The van der Waals surface area contributed by atoms with Crippen LogP contribution in [0, 0.1) is 13.8 Å². The molecular formula is C24H32ClN3O2S. The lowest BCUT2D eigenvalue weighted by atomic mass is 9.89. The molecule has 168 valence electrons. The van der Waals surface area contributed by atoms with Crippen LogP contribution in [0.2, 0.25) is 5.02 Å². The standard InChI is InChI=1S/C24H32ClN3O2S/c1-18-7-8-19(2)24(17-18)28-15-13-27(14-16-28)23-6-4-3-5-22(23)26-31(29,30)21-11-9-20(25)10-12-21/h7-12,17,22-23,26H,3-6,13-16H2,1-2H3. The second-order valence-electron chi connectivity index (χ2n) is 8.85. The predicted octanol–water partition coefficient (Wildman–Crippen LogP) is 4.37. The molecule has 1 heterocycles. The highest BCUT2D eigenvalue weighted by molar-refractivity contribution is 7.89. The Morgan fingerprint density at radius 1 is 0.935 bits per heavy atom. The van der Waals surface area contributed by atoms with Gasteiger partial charge in [0.1, 0.15) is 0 Å². The average molecular weight is 462 g/mol. The molecule has 2 aliphatic rings. The van der Waals surface area contributed by atoms with E-state index in [1.165, 1.54) is 16.8 Å². The van der Waals surface area contributed by atoms with Crippen LogP contribution in [0.5, 0.6) is 0 Å². The molecule has 1 aliphatic heterocycles. The number of hydrogen-bond acceptors (Lipinski definition) is 4. The van der Waals surface area contributed by atoms with Gasteiger partial charge >= 0.3 is 0 Å². The Balaban J connectivity index is 1.43. The summed E-state index contributed by atoms with van der Waals surface area (Å²) in [4.78, 5) is 5.24. The fraction of sp³-hybridized carbons (Fsp3) is 0.500. The number of hydrogen-bond donors (Lipinski definition) is 1. The van der Waals surface area contributed by atoms with Crippen molar-refractivity contribution in [1.82, 2.24) is 9.62 Å². The third-order valence-corrected chi connectivity index (χ3v) is 8.41. The lowest BCUT2D eigenvalue weighted by Gasteiger charge is -2.45. The molecule has 0 spiro atoms. The third-order valence-electron chi connectivity index (χ3n) is 6.65. The number of nitrogens with zero attached hydrogens (tertiary/aromatic N) is 2. The van der Waals surface area contributed by atoms with Crippen LogP contribution in [-0.4, -0.2) is 51.6 Å². The van der Waals surface area contributed by atoms with E-state index >= 15 is 0 Å². The fourth-order valence-corrected chi connectivity index (χ4v) is 6.35. The summed E-state index contributed by atoms with van der Waals surface area (Å²) in [5, 5.41) is 0.538. The number of sulfonamides is 1. The molecule has 1 aliphatic carbocycles. The second kappa shape index (κ2) is 9.49. The molecule has 5 nitrogen and oxygen atoms in total. The molecule has 1 saturated heterocycles. The highest BCUT2D eigenvalue weighted by Crippen LogP contribution is 2.28. The van der Waals surface area contributed by atoms with Gasteiger partial charge < -0.3 is 4.90 Å². The highest BCUT2D eigenvalue weighted by Gasteiger charge is 2.34. The van der Waals surface area contributed by atoms with Crippen LogP contribution < -0.4 is 9.62 Å². The minimum absolute atomic E-state index is 0.0540. The topological polar surface area (TPSA) is 52.6 Å². The van der Waals surface area contributed by atoms with E-state index in [1.807, 2.05) is 0 Å². The van der Waals surface area contributed by atoms with Gasteiger partial charge in [-0.2, -0.15) is 0 Å². The van der Waals surface area contributed by atoms with Crippen molar-refractivity contribution in [3.63, 3.8) is 0 Å². The average Bonchev–Trinajstić information content (AvgIpc) is 2.76. The van der Waals surface area contributed by atoms with E-state index in [0.29, 0.717) is 5.02 Å². The fourth-order valence-electron chi connectivity index (χ4n) is 4.92. The molecule has 4 rings (SSSR count). The Morgan fingerprint density at radius 2 is 1.61 bits per heavy atom. The van der Waals surface area contributed by atoms with Crippen molar-refractivity contribution in [2.24, 2.45) is 0 Å². The first-order chi connectivity index (χ1) is 14.8. The van der Waals surface area contributed by atoms with E-state index in [1.54, 1.807) is 24.3 Å². The van der Waals surface area contributed by atoms with Crippen LogP contribution in [0.25, 0.3) is 0 Å². The number of benzene rings is 2. The number of anilines is 1. The van der Waals surface area contributed by atoms with Crippen LogP contribution >= 0.6 is 11.6 Å². The molecule has 31 heavy (non-hydrogen) atoms. The Hall–Kier alpha value is -1.60. The Kier molecular flexibility index (Phi) is 6.92. The minimum atomic E-state index is -3.56. The molecule has 7 heteroatoms. The number of halogens is 1. The van der Waals surface area contributed by atoms with Crippen LogP contribution in [0.3, 0.4) is 0 Å². The van der Waals surface area contributed by atoms with E-state index in [0.717, 1.165) is 51.9 Å². The molecule has 0 amide bonds. The van der Waals surface area contributed by atoms with E-state index in [4.69, 9.17) is 11.6 Å². The molecular weight excluding hydrogens is 430 g/mol. The molecule has 2 aromatic carbocycles. The Labute approximate surface area is 191 Å². The normalized spacial score (nSPS) is 23.1. The molecule has 0 radical (unpaired) electrons. The number of piperazine rings is 1. The van der Waals surface area contributed by atoms with Gasteiger partial charge in [0.15, 0.2) is 0 Å². The van der Waals surface area contributed by atoms with Crippen molar-refractivity contribution in [2.75, 3.05) is 31.1 Å². The number of rotatable bonds is 5. The van der Waals surface area contributed by atoms with Gasteiger partial charge in [0.05, 0.1) is 4.90 Å². The first-order valence-electron chi connectivity index (χ1n) is 11.2. The van der Waals surface area contributed by atoms with Crippen LogP contribution in [0.4, 0.5) is 5.69 Å². The van der Waals surface area contributed by atoms with E-state index in [2.05, 4.69) is 46.6 Å². The maximum atomic E-state index is 13.0. The summed E-state index contributed by atoms with van der Waals surface area (Å²) in [6, 6.07) is 13.2. The molecule has 0 aromatic heterocycles. The van der Waals surface area contributed by atoms with Crippen molar-refractivity contribution in [3.8, 4) is 0 Å². The SMILES string of the molecule is Cc1ccc(C)c(N2CCN(C3CCCCC3NS(=O)(=O)c3ccc(Cl)cc3)CC2)c1. The van der Waals surface area contributed by atoms with Crippen LogP contribution in [0.15, 0.2) is 47.4 Å². The maximum Gasteiger partial charge on any atom is 0.240 e. The van der Waals surface area contributed by atoms with Crippen molar-refractivity contribution in [2.45, 2.75) is 56.5 Å². The third kappa shape index (κ3) is 5.25. The second-order valence-corrected chi connectivity index (χ2v) is 11.0. The molecule has 1 saturated carbocycles. The molecule has 0 bridgehead atoms. The van der Waals surface area contributed by atoms with Crippen molar-refractivity contribution in [1.29, 1.82) is 0 Å². The summed E-state index contributed by atoms with van der Waals surface area (Å²) in [5.41, 5.74) is 3.92. The van der Waals surface area contributed by atoms with Gasteiger partial charge in [-0.1, -0.05) is 36.6 Å². The van der Waals surface area contributed by atoms with E-state index in [9.17, 15) is 8.42 Å². The van der Waals surface area contributed by atoms with Crippen molar-refractivity contribution in [3.05, 3.63) is 58.6 Å². The van der Waals surface area contributed by atoms with Crippen molar-refractivity contribution >= 4 is 27.3 Å². The largest absolute Gasteiger partial charge is 0.369 e. The van der Waals surface area contributed by atoms with Gasteiger partial charge in [-0.25, -0.2) is 13.1 Å². The smallest absolute Gasteiger partial charge is 0.240 e. The summed E-state index contributed by atoms with van der Waals surface area (Å²) >= 11 is 5.93. The van der Waals surface area contributed by atoms with Gasteiger partial charge in [-0.05, 0) is 68.1 Å². The predicted molar refractivity (Wildman–Crippen MR) is 128 cm³/mol. The van der Waals surface area contributed by atoms with Crippen LogP contribution in [-0.2, 0) is 10.0 Å². The lowest BCUT2D eigenvalue weighted by Crippen LogP contribution is -2.58. The van der Waals surface area contributed by atoms with Gasteiger partial charge in [0.2, 0.25) is 10.0 Å². The number of aryl methyl sites for hydroxylation is 2. The summed E-state index contributed by atoms with van der Waals surface area (Å²) in [5.74, 6) is 0. The molecule has 2 aromatic rings. The van der Waals surface area contributed by atoms with Crippen molar-refractivity contribution < 1.29 is 8.42 Å². The van der Waals surface area contributed by atoms with Crippen LogP contribution in [0.1, 0.15) is 36.8 Å². The lowest BCUT2D eigenvalue weighted by molar-refractivity contribution is 0.124. The monoisotopic (exact) mass is 461 g/mol. The minimum Gasteiger partial charge on any atom is -0.369 e. The zero-order valence-corrected chi connectivity index (χ0v) is 19.9. The summed E-state index contributed by atoms with van der Waals surface area (Å²) in [7, 11) is -3.56. The van der Waals surface area contributed by atoms with Gasteiger partial charge in [0.25, 0.3) is 0 Å². The van der Waals surface area contributed by atoms with Gasteiger partial charge in [0, 0.05) is 49.0 Å². The molecule has 2 atom stereocenters. The molecule has 2 unspecified atom stereocenters. The summed E-state index contributed by atoms with van der Waals surface area (Å²) in [6.07, 6.45) is 4.14. The molecule has 1 N–H and O–H groups in total. The first-order valence-corrected chi connectivity index (χ1v) is 13.0. The zero-order valence-electron chi connectivity index (χ0n) is 18.4. The first kappa shape index (κ1) is 22.6. The quantitative estimate of drug-likeness (QED) is 0.718. The number of nitrogens with one attached hydrogen (secondary N) is 1. The summed E-state index contributed by atoms with van der Waals surface area (Å²) < 4.78 is 28.9. The Morgan fingerprint density at radius 3 is 2.32 bits per heavy atom. The Bertz CT molecular complexity index is 1000. The molecule has 2 fully saturated rings. The van der Waals surface area contributed by atoms with Gasteiger partial charge in [-0.15, -0.1) is 0 Å². The van der Waals surface area contributed by atoms with E-state index < -0.39 is 10.0 Å². The van der Waals surface area contributed by atoms with E-state index in [-0.39, 0.29) is 17.0 Å². The summed E-state index contributed by atoms with van der Waals surface area (Å²) in [6.45, 7) is 8.16.